The number of aromatic nitrogens is 1. The van der Waals surface area contributed by atoms with Crippen LogP contribution in [0.5, 0.6) is 0 Å². The maximum atomic E-state index is 4.97. The Morgan fingerprint density at radius 2 is 1.95 bits per heavy atom. The molecule has 0 spiro atoms. The molecule has 0 amide bonds. The van der Waals surface area contributed by atoms with Gasteiger partial charge in [0.2, 0.25) is 0 Å². The Morgan fingerprint density at radius 1 is 1.21 bits per heavy atom. The molecule has 4 heteroatoms. The monoisotopic (exact) mass is 279 g/mol. The second-order valence-corrected chi connectivity index (χ2v) is 7.07. The van der Waals surface area contributed by atoms with Crippen molar-refractivity contribution in [2.24, 2.45) is 0 Å². The van der Waals surface area contributed by atoms with E-state index in [4.69, 9.17) is 4.98 Å². The Balaban J connectivity index is 1.77. The normalized spacial score (nSPS) is 20.7. The Hall–Kier alpha value is -0.610. The highest BCUT2D eigenvalue weighted by atomic mass is 32.1. The number of rotatable bonds is 5. The lowest BCUT2D eigenvalue weighted by molar-refractivity contribution is 0.427. The smallest absolute Gasteiger partial charge is 0.185 e. The summed E-state index contributed by atoms with van der Waals surface area (Å²) in [5, 5.41) is 4.54. The minimum Gasteiger partial charge on any atom is -0.348 e. The molecule has 0 atom stereocenters. The summed E-state index contributed by atoms with van der Waals surface area (Å²) in [5.74, 6) is 0.758. The number of nitrogens with zero attached hydrogens (tertiary/aromatic N) is 2. The molecular formula is C15H25N3S. The van der Waals surface area contributed by atoms with E-state index in [0.29, 0.717) is 0 Å². The van der Waals surface area contributed by atoms with Crippen LogP contribution in [-0.4, -0.2) is 25.1 Å². The molecule has 106 valence electrons. The zero-order valence-corrected chi connectivity index (χ0v) is 12.9. The van der Waals surface area contributed by atoms with Crippen LogP contribution in [0.15, 0.2) is 0 Å². The van der Waals surface area contributed by atoms with Gasteiger partial charge in [0.1, 0.15) is 0 Å². The average Bonchev–Trinajstić information content (AvgIpc) is 3.21. The lowest BCUT2D eigenvalue weighted by Crippen LogP contribution is -2.33. The summed E-state index contributed by atoms with van der Waals surface area (Å²) in [6.45, 7) is 0.974. The van der Waals surface area contributed by atoms with E-state index in [0.717, 1.165) is 18.5 Å². The maximum Gasteiger partial charge on any atom is 0.185 e. The van der Waals surface area contributed by atoms with E-state index in [1.807, 2.05) is 18.4 Å². The first-order valence-electron chi connectivity index (χ1n) is 7.66. The third kappa shape index (κ3) is 2.95. The van der Waals surface area contributed by atoms with Gasteiger partial charge in [-0.3, -0.25) is 0 Å². The summed E-state index contributed by atoms with van der Waals surface area (Å²) >= 11 is 1.91. The van der Waals surface area contributed by atoms with E-state index >= 15 is 0 Å². The highest BCUT2D eigenvalue weighted by Crippen LogP contribution is 2.44. The maximum absolute atomic E-state index is 4.97. The lowest BCUT2D eigenvalue weighted by Gasteiger charge is -2.30. The molecule has 2 aliphatic rings. The van der Waals surface area contributed by atoms with Crippen LogP contribution < -0.4 is 10.2 Å². The van der Waals surface area contributed by atoms with Crippen molar-refractivity contribution >= 4 is 16.5 Å². The van der Waals surface area contributed by atoms with Crippen LogP contribution in [0.3, 0.4) is 0 Å². The largest absolute Gasteiger partial charge is 0.348 e. The highest BCUT2D eigenvalue weighted by Gasteiger charge is 2.31. The van der Waals surface area contributed by atoms with Crippen molar-refractivity contribution in [1.82, 2.24) is 10.3 Å². The summed E-state index contributed by atoms with van der Waals surface area (Å²) in [4.78, 5) is 8.88. The van der Waals surface area contributed by atoms with Crippen molar-refractivity contribution < 1.29 is 0 Å². The van der Waals surface area contributed by atoms with Crippen LogP contribution in [0.2, 0.25) is 0 Å². The SMILES string of the molecule is CNCc1sc(N(C)C2CCCCC2)nc1C1CC1. The minimum atomic E-state index is 0.717. The molecule has 0 aliphatic heterocycles. The molecule has 0 bridgehead atoms. The Labute approximate surface area is 120 Å². The van der Waals surface area contributed by atoms with Crippen molar-refractivity contribution in [3.05, 3.63) is 10.6 Å². The van der Waals surface area contributed by atoms with Gasteiger partial charge in [0.15, 0.2) is 5.13 Å². The molecule has 1 aromatic rings. The molecule has 2 fully saturated rings. The molecule has 1 heterocycles. The molecule has 2 aliphatic carbocycles. The molecule has 1 aromatic heterocycles. The first kappa shape index (κ1) is 13.4. The molecule has 0 saturated heterocycles. The van der Waals surface area contributed by atoms with Crippen LogP contribution in [0.25, 0.3) is 0 Å². The van der Waals surface area contributed by atoms with Gasteiger partial charge < -0.3 is 10.2 Å². The Morgan fingerprint density at radius 3 is 2.58 bits per heavy atom. The zero-order valence-electron chi connectivity index (χ0n) is 12.1. The van der Waals surface area contributed by atoms with Crippen molar-refractivity contribution in [2.45, 2.75) is 63.5 Å². The number of hydrogen-bond donors (Lipinski definition) is 1. The summed E-state index contributed by atoms with van der Waals surface area (Å²) in [7, 11) is 4.27. The summed E-state index contributed by atoms with van der Waals surface area (Å²) in [6.07, 6.45) is 9.56. The van der Waals surface area contributed by atoms with Crippen LogP contribution in [-0.2, 0) is 6.54 Å². The van der Waals surface area contributed by atoms with Crippen molar-refractivity contribution in [3.8, 4) is 0 Å². The molecule has 0 unspecified atom stereocenters. The molecule has 0 radical (unpaired) electrons. The number of anilines is 1. The quantitative estimate of drug-likeness (QED) is 0.894. The molecule has 2 saturated carbocycles. The molecule has 3 nitrogen and oxygen atoms in total. The lowest BCUT2D eigenvalue weighted by atomic mass is 9.95. The van der Waals surface area contributed by atoms with E-state index in [1.165, 1.54) is 60.6 Å². The first-order valence-corrected chi connectivity index (χ1v) is 8.48. The predicted molar refractivity (Wildman–Crippen MR) is 82.1 cm³/mol. The molecule has 0 aromatic carbocycles. The van der Waals surface area contributed by atoms with E-state index in [2.05, 4.69) is 17.3 Å². The van der Waals surface area contributed by atoms with Crippen LogP contribution in [0, 0.1) is 0 Å². The Bertz CT molecular complexity index is 419. The van der Waals surface area contributed by atoms with Crippen LogP contribution >= 0.6 is 11.3 Å². The Kier molecular flexibility index (Phi) is 4.08. The van der Waals surface area contributed by atoms with Gasteiger partial charge >= 0.3 is 0 Å². The number of nitrogens with one attached hydrogen (secondary N) is 1. The second-order valence-electron chi connectivity index (χ2n) is 6.01. The summed E-state index contributed by atoms with van der Waals surface area (Å²) < 4.78 is 0. The second kappa shape index (κ2) is 5.80. The van der Waals surface area contributed by atoms with Gasteiger partial charge in [-0.15, -0.1) is 11.3 Å². The van der Waals surface area contributed by atoms with Gasteiger partial charge in [-0.2, -0.15) is 0 Å². The highest BCUT2D eigenvalue weighted by molar-refractivity contribution is 7.15. The standard InChI is InChI=1S/C15H25N3S/c1-16-10-13-14(11-8-9-11)17-15(19-13)18(2)12-6-4-3-5-7-12/h11-12,16H,3-10H2,1-2H3. The number of hydrogen-bond acceptors (Lipinski definition) is 4. The van der Waals surface area contributed by atoms with Crippen molar-refractivity contribution in [2.75, 3.05) is 19.0 Å². The topological polar surface area (TPSA) is 28.2 Å². The van der Waals surface area contributed by atoms with Gasteiger partial charge in [-0.25, -0.2) is 4.98 Å². The molecule has 3 rings (SSSR count). The molecule has 19 heavy (non-hydrogen) atoms. The van der Waals surface area contributed by atoms with Gasteiger partial charge in [0.25, 0.3) is 0 Å². The fraction of sp³-hybridized carbons (Fsp3) is 0.800. The first-order chi connectivity index (χ1) is 9.29. The number of thiazole rings is 1. The summed E-state index contributed by atoms with van der Waals surface area (Å²) in [5.41, 5.74) is 1.39. The summed E-state index contributed by atoms with van der Waals surface area (Å²) in [6, 6.07) is 0.717. The van der Waals surface area contributed by atoms with E-state index in [1.54, 1.807) is 0 Å². The van der Waals surface area contributed by atoms with Gasteiger partial charge in [0.05, 0.1) is 5.69 Å². The van der Waals surface area contributed by atoms with Gasteiger partial charge in [-0.1, -0.05) is 19.3 Å². The van der Waals surface area contributed by atoms with Crippen LogP contribution in [0.1, 0.15) is 61.4 Å². The van der Waals surface area contributed by atoms with E-state index < -0.39 is 0 Å². The van der Waals surface area contributed by atoms with Gasteiger partial charge in [0, 0.05) is 30.4 Å². The van der Waals surface area contributed by atoms with Crippen molar-refractivity contribution in [1.29, 1.82) is 0 Å². The van der Waals surface area contributed by atoms with Crippen molar-refractivity contribution in [3.63, 3.8) is 0 Å². The third-order valence-electron chi connectivity index (χ3n) is 4.44. The minimum absolute atomic E-state index is 0.717. The fourth-order valence-corrected chi connectivity index (χ4v) is 4.28. The molecule has 1 N–H and O–H groups in total. The predicted octanol–water partition coefficient (Wildman–Crippen LogP) is 3.51. The zero-order chi connectivity index (χ0) is 13.2. The van der Waals surface area contributed by atoms with E-state index in [9.17, 15) is 0 Å². The average molecular weight is 279 g/mol. The van der Waals surface area contributed by atoms with E-state index in [-0.39, 0.29) is 0 Å². The third-order valence-corrected chi connectivity index (χ3v) is 5.60. The fourth-order valence-electron chi connectivity index (χ4n) is 3.09. The van der Waals surface area contributed by atoms with Gasteiger partial charge in [-0.05, 0) is 32.7 Å². The molecular weight excluding hydrogens is 254 g/mol. The van der Waals surface area contributed by atoms with Crippen LogP contribution in [0.4, 0.5) is 5.13 Å².